The first kappa shape index (κ1) is 16.6. The number of rotatable bonds is 6. The monoisotopic (exact) mass is 315 g/mol. The summed E-state index contributed by atoms with van der Waals surface area (Å²) in [6, 6.07) is 2.29. The standard InChI is InChI=1S/C12H14ClN3O5/c1-21-9-3-2-6(4-7(9)13)15-12(20)16-8(11(18)19)5-10(14)17/h2-4,8H,5H2,1H3,(H2,14,17)(H,18,19)(H2,15,16,20)/t8-/m1/s1. The van der Waals surface area contributed by atoms with Crippen molar-refractivity contribution in [2.24, 2.45) is 5.73 Å². The van der Waals surface area contributed by atoms with Crippen molar-refractivity contribution in [3.8, 4) is 5.75 Å². The highest BCUT2D eigenvalue weighted by Crippen LogP contribution is 2.27. The lowest BCUT2D eigenvalue weighted by Gasteiger charge is -2.14. The molecule has 0 bridgehead atoms. The number of carbonyl (C=O) groups is 3. The molecule has 0 fully saturated rings. The number of amides is 3. The Labute approximate surface area is 125 Å². The molecule has 0 saturated carbocycles. The number of carbonyl (C=O) groups excluding carboxylic acids is 2. The van der Waals surface area contributed by atoms with Crippen molar-refractivity contribution in [3.63, 3.8) is 0 Å². The first-order valence-corrected chi connectivity index (χ1v) is 6.13. The number of carboxylic acids is 1. The normalized spacial score (nSPS) is 11.3. The van der Waals surface area contributed by atoms with E-state index in [0.29, 0.717) is 11.4 Å². The van der Waals surface area contributed by atoms with Gasteiger partial charge in [-0.3, -0.25) is 4.79 Å². The van der Waals surface area contributed by atoms with Gasteiger partial charge in [0.15, 0.2) is 0 Å². The molecule has 1 atom stereocenters. The molecule has 0 radical (unpaired) electrons. The summed E-state index contributed by atoms with van der Waals surface area (Å²) in [5, 5.41) is 13.6. The van der Waals surface area contributed by atoms with Gasteiger partial charge in [-0.15, -0.1) is 0 Å². The summed E-state index contributed by atoms with van der Waals surface area (Å²) in [4.78, 5) is 33.3. The second kappa shape index (κ2) is 7.34. The lowest BCUT2D eigenvalue weighted by atomic mass is 10.2. The molecule has 3 amide bonds. The van der Waals surface area contributed by atoms with E-state index in [1.807, 2.05) is 0 Å². The van der Waals surface area contributed by atoms with E-state index in [4.69, 9.17) is 27.2 Å². The van der Waals surface area contributed by atoms with Crippen molar-refractivity contribution in [1.82, 2.24) is 5.32 Å². The SMILES string of the molecule is COc1ccc(NC(=O)N[C@H](CC(N)=O)C(=O)O)cc1Cl. The zero-order valence-electron chi connectivity index (χ0n) is 11.1. The summed E-state index contributed by atoms with van der Waals surface area (Å²) in [5.74, 6) is -1.77. The number of anilines is 1. The Morgan fingerprint density at radius 3 is 2.57 bits per heavy atom. The van der Waals surface area contributed by atoms with Crippen LogP contribution in [-0.4, -0.2) is 36.2 Å². The van der Waals surface area contributed by atoms with Gasteiger partial charge in [-0.25, -0.2) is 9.59 Å². The fraction of sp³-hybridized carbons (Fsp3) is 0.250. The number of hydrogen-bond acceptors (Lipinski definition) is 4. The van der Waals surface area contributed by atoms with E-state index in [1.54, 1.807) is 0 Å². The van der Waals surface area contributed by atoms with Crippen molar-refractivity contribution in [1.29, 1.82) is 0 Å². The quantitative estimate of drug-likeness (QED) is 0.616. The highest BCUT2D eigenvalue weighted by molar-refractivity contribution is 6.32. The number of nitrogens with one attached hydrogen (secondary N) is 2. The molecular formula is C12H14ClN3O5. The second-order valence-corrected chi connectivity index (χ2v) is 4.42. The van der Waals surface area contributed by atoms with Gasteiger partial charge in [0, 0.05) is 5.69 Å². The molecule has 0 aliphatic heterocycles. The third kappa shape index (κ3) is 5.19. The predicted molar refractivity (Wildman–Crippen MR) is 75.4 cm³/mol. The molecule has 0 spiro atoms. The van der Waals surface area contributed by atoms with Crippen LogP contribution in [0.1, 0.15) is 6.42 Å². The van der Waals surface area contributed by atoms with Gasteiger partial charge in [0.1, 0.15) is 11.8 Å². The maximum atomic E-state index is 11.7. The molecule has 8 nitrogen and oxygen atoms in total. The molecule has 0 aliphatic rings. The van der Waals surface area contributed by atoms with Crippen LogP contribution >= 0.6 is 11.6 Å². The minimum absolute atomic E-state index is 0.280. The van der Waals surface area contributed by atoms with Crippen LogP contribution in [0.2, 0.25) is 5.02 Å². The molecule has 0 aromatic heterocycles. The maximum absolute atomic E-state index is 11.7. The number of halogens is 1. The van der Waals surface area contributed by atoms with Gasteiger partial charge in [0.25, 0.3) is 0 Å². The fourth-order valence-electron chi connectivity index (χ4n) is 1.47. The summed E-state index contributed by atoms with van der Waals surface area (Å²) in [7, 11) is 1.45. The van der Waals surface area contributed by atoms with E-state index in [1.165, 1.54) is 25.3 Å². The van der Waals surface area contributed by atoms with Crippen molar-refractivity contribution >= 4 is 35.2 Å². The highest BCUT2D eigenvalue weighted by atomic mass is 35.5. The Bertz CT molecular complexity index is 564. The van der Waals surface area contributed by atoms with Crippen LogP contribution in [0.4, 0.5) is 10.5 Å². The number of nitrogens with two attached hydrogens (primary N) is 1. The Balaban J connectivity index is 2.69. The number of primary amides is 1. The molecule has 1 rings (SSSR count). The maximum Gasteiger partial charge on any atom is 0.326 e. The molecule has 21 heavy (non-hydrogen) atoms. The van der Waals surface area contributed by atoms with Crippen molar-refractivity contribution in [3.05, 3.63) is 23.2 Å². The minimum atomic E-state index is -1.41. The van der Waals surface area contributed by atoms with E-state index >= 15 is 0 Å². The third-order valence-corrected chi connectivity index (χ3v) is 2.71. The number of benzene rings is 1. The Morgan fingerprint density at radius 1 is 1.43 bits per heavy atom. The molecule has 1 aromatic carbocycles. The smallest absolute Gasteiger partial charge is 0.326 e. The number of aliphatic carboxylic acids is 1. The summed E-state index contributed by atoms with van der Waals surface area (Å²) in [6.07, 6.45) is -0.508. The molecule has 5 N–H and O–H groups in total. The summed E-state index contributed by atoms with van der Waals surface area (Å²) in [5.41, 5.74) is 5.24. The molecule has 0 aliphatic carbocycles. The van der Waals surface area contributed by atoms with Crippen LogP contribution in [0.25, 0.3) is 0 Å². The first-order valence-electron chi connectivity index (χ1n) is 5.75. The van der Waals surface area contributed by atoms with Gasteiger partial charge in [-0.2, -0.15) is 0 Å². The van der Waals surface area contributed by atoms with E-state index in [9.17, 15) is 14.4 Å². The largest absolute Gasteiger partial charge is 0.495 e. The Hall–Kier alpha value is -2.48. The van der Waals surface area contributed by atoms with Crippen LogP contribution in [0, 0.1) is 0 Å². The molecule has 1 aromatic rings. The molecule has 9 heteroatoms. The molecule has 114 valence electrons. The van der Waals surface area contributed by atoms with E-state index < -0.39 is 30.4 Å². The van der Waals surface area contributed by atoms with Crippen LogP contribution in [0.3, 0.4) is 0 Å². The fourth-order valence-corrected chi connectivity index (χ4v) is 1.73. The zero-order chi connectivity index (χ0) is 16.0. The predicted octanol–water partition coefficient (Wildman–Crippen LogP) is 0.799. The number of urea groups is 1. The lowest BCUT2D eigenvalue weighted by Crippen LogP contribution is -2.45. The number of hydrogen-bond donors (Lipinski definition) is 4. The van der Waals surface area contributed by atoms with Crippen LogP contribution in [0.5, 0.6) is 5.75 Å². The highest BCUT2D eigenvalue weighted by Gasteiger charge is 2.22. The number of methoxy groups -OCH3 is 1. The molecular weight excluding hydrogens is 302 g/mol. The zero-order valence-corrected chi connectivity index (χ0v) is 11.8. The summed E-state index contributed by atoms with van der Waals surface area (Å²) < 4.78 is 4.96. The van der Waals surface area contributed by atoms with Gasteiger partial charge in [-0.1, -0.05) is 11.6 Å². The van der Waals surface area contributed by atoms with Gasteiger partial charge < -0.3 is 26.2 Å². The van der Waals surface area contributed by atoms with Crippen molar-refractivity contribution in [2.45, 2.75) is 12.5 Å². The lowest BCUT2D eigenvalue weighted by molar-refractivity contribution is -0.140. The summed E-state index contributed by atoms with van der Waals surface area (Å²) in [6.45, 7) is 0. The van der Waals surface area contributed by atoms with Crippen LogP contribution in [-0.2, 0) is 9.59 Å². The van der Waals surface area contributed by atoms with Gasteiger partial charge >= 0.3 is 12.0 Å². The minimum Gasteiger partial charge on any atom is -0.495 e. The van der Waals surface area contributed by atoms with E-state index in [2.05, 4.69) is 10.6 Å². The van der Waals surface area contributed by atoms with Crippen LogP contribution in [0.15, 0.2) is 18.2 Å². The van der Waals surface area contributed by atoms with E-state index in [-0.39, 0.29) is 5.02 Å². The average molecular weight is 316 g/mol. The Kier molecular flexibility index (Phi) is 5.79. The summed E-state index contributed by atoms with van der Waals surface area (Å²) >= 11 is 5.89. The molecule has 0 saturated heterocycles. The number of ether oxygens (including phenoxy) is 1. The topological polar surface area (TPSA) is 131 Å². The Morgan fingerprint density at radius 2 is 2.10 bits per heavy atom. The van der Waals surface area contributed by atoms with Crippen LogP contribution < -0.4 is 21.1 Å². The third-order valence-electron chi connectivity index (χ3n) is 2.42. The first-order chi connectivity index (χ1) is 9.83. The van der Waals surface area contributed by atoms with E-state index in [0.717, 1.165) is 0 Å². The van der Waals surface area contributed by atoms with Crippen molar-refractivity contribution < 1.29 is 24.2 Å². The molecule has 0 unspecified atom stereocenters. The second-order valence-electron chi connectivity index (χ2n) is 4.01. The van der Waals surface area contributed by atoms with Gasteiger partial charge in [0.05, 0.1) is 18.6 Å². The van der Waals surface area contributed by atoms with Crippen molar-refractivity contribution in [2.75, 3.05) is 12.4 Å². The van der Waals surface area contributed by atoms with Gasteiger partial charge in [-0.05, 0) is 18.2 Å². The number of carboxylic acid groups (broad SMARTS) is 1. The molecule has 0 heterocycles. The average Bonchev–Trinajstić information content (AvgIpc) is 2.37. The van der Waals surface area contributed by atoms with Gasteiger partial charge in [0.2, 0.25) is 5.91 Å².